The van der Waals surface area contributed by atoms with Gasteiger partial charge in [-0.25, -0.2) is 24.4 Å². The Morgan fingerprint density at radius 3 is 1.72 bits per heavy atom. The molecule has 17 heteroatoms. The van der Waals surface area contributed by atoms with Gasteiger partial charge in [-0.3, -0.25) is 20.1 Å². The maximum atomic E-state index is 11.6. The number of ether oxygens (including phenoxy) is 3. The van der Waals surface area contributed by atoms with Crippen LogP contribution < -0.4 is 9.47 Å². The summed E-state index contributed by atoms with van der Waals surface area (Å²) in [6.45, 7) is 0. The zero-order chi connectivity index (χ0) is 40.1. The molecule has 0 saturated carbocycles. The van der Waals surface area contributed by atoms with Crippen molar-refractivity contribution in [2.45, 2.75) is 12.1 Å². The normalized spacial score (nSPS) is 15.9. The van der Waals surface area contributed by atoms with Crippen molar-refractivity contribution >= 4 is 79.0 Å². The van der Waals surface area contributed by atoms with Gasteiger partial charge in [0.1, 0.15) is 27.3 Å². The average Bonchev–Trinajstić information content (AvgIpc) is 3.93. The lowest BCUT2D eigenvalue weighted by molar-refractivity contribution is -0.385. The van der Waals surface area contributed by atoms with E-state index in [0.717, 1.165) is 33.9 Å². The number of aliphatic imine (C=N–C) groups is 2. The predicted octanol–water partition coefficient (Wildman–Crippen LogP) is 7.64. The Morgan fingerprint density at radius 1 is 0.684 bits per heavy atom. The SMILES string of the molecule is COC(=O)c1ccc(Oc2ccc3nc(C4=N[C@@H](C(=O)O)CS4)ccc3c2)c([N+](=O)[O-])c1.O=C(O)[C@H]1CSC(c2ccc3cc(Oc4ccccc4)ccc3n2)=N1. The molecule has 0 unspecified atom stereocenters. The van der Waals surface area contributed by atoms with E-state index in [-0.39, 0.29) is 17.0 Å². The first-order valence-electron chi connectivity index (χ1n) is 17.0. The lowest BCUT2D eigenvalue weighted by Crippen LogP contribution is -2.17. The minimum atomic E-state index is -0.969. The van der Waals surface area contributed by atoms with Crippen LogP contribution in [0, 0.1) is 10.1 Å². The van der Waals surface area contributed by atoms with Crippen LogP contribution in [-0.2, 0) is 14.3 Å². The molecule has 2 aromatic heterocycles. The van der Waals surface area contributed by atoms with Gasteiger partial charge in [0, 0.05) is 28.3 Å². The van der Waals surface area contributed by atoms with Crippen LogP contribution in [0.3, 0.4) is 0 Å². The van der Waals surface area contributed by atoms with Gasteiger partial charge >= 0.3 is 23.6 Å². The number of nitrogens with zero attached hydrogens (tertiary/aromatic N) is 5. The number of carboxylic acids is 2. The minimum absolute atomic E-state index is 0.0250. The van der Waals surface area contributed by atoms with Crippen molar-refractivity contribution in [3.8, 4) is 23.0 Å². The zero-order valence-electron chi connectivity index (χ0n) is 29.7. The third-order valence-corrected chi connectivity index (χ3v) is 10.6. The molecule has 8 rings (SSSR count). The summed E-state index contributed by atoms with van der Waals surface area (Å²) < 4.78 is 16.1. The summed E-state index contributed by atoms with van der Waals surface area (Å²) in [5, 5.41) is 32.5. The highest BCUT2D eigenvalue weighted by Crippen LogP contribution is 2.34. The first-order chi connectivity index (χ1) is 27.5. The molecule has 2 atom stereocenters. The summed E-state index contributed by atoms with van der Waals surface area (Å²) in [6.07, 6.45) is 0. The first-order valence-corrected chi connectivity index (χ1v) is 19.0. The fourth-order valence-corrected chi connectivity index (χ4v) is 7.59. The average molecular weight is 804 g/mol. The minimum Gasteiger partial charge on any atom is -0.480 e. The topological polar surface area (TPSA) is 213 Å². The Kier molecular flexibility index (Phi) is 11.4. The van der Waals surface area contributed by atoms with E-state index in [1.54, 1.807) is 30.3 Å². The van der Waals surface area contributed by atoms with Crippen LogP contribution in [0.1, 0.15) is 21.7 Å². The molecule has 0 amide bonds. The van der Waals surface area contributed by atoms with E-state index in [2.05, 4.69) is 24.7 Å². The van der Waals surface area contributed by atoms with E-state index in [9.17, 15) is 24.5 Å². The predicted molar refractivity (Wildman–Crippen MR) is 215 cm³/mol. The van der Waals surface area contributed by atoms with Gasteiger partial charge in [-0.1, -0.05) is 30.3 Å². The summed E-state index contributed by atoms with van der Waals surface area (Å²) in [7, 11) is 1.19. The monoisotopic (exact) mass is 803 g/mol. The van der Waals surface area contributed by atoms with Gasteiger partial charge in [0.15, 0.2) is 12.1 Å². The van der Waals surface area contributed by atoms with Crippen molar-refractivity contribution in [3.63, 3.8) is 0 Å². The quantitative estimate of drug-likeness (QED) is 0.0774. The van der Waals surface area contributed by atoms with E-state index in [1.165, 1.54) is 42.8 Å². The van der Waals surface area contributed by atoms with Crippen LogP contribution in [0.4, 0.5) is 5.69 Å². The Balaban J connectivity index is 0.000000179. The Hall–Kier alpha value is -6.85. The number of hydrogen-bond donors (Lipinski definition) is 2. The van der Waals surface area contributed by atoms with Gasteiger partial charge in [0.05, 0.1) is 40.0 Å². The number of aliphatic carboxylic acids is 2. The van der Waals surface area contributed by atoms with E-state index in [0.29, 0.717) is 44.2 Å². The Labute approximate surface area is 331 Å². The fourth-order valence-electron chi connectivity index (χ4n) is 5.60. The molecule has 15 nitrogen and oxygen atoms in total. The van der Waals surface area contributed by atoms with E-state index < -0.39 is 34.9 Å². The molecule has 57 heavy (non-hydrogen) atoms. The second kappa shape index (κ2) is 16.9. The lowest BCUT2D eigenvalue weighted by atomic mass is 10.1. The van der Waals surface area contributed by atoms with Crippen LogP contribution in [0.2, 0.25) is 0 Å². The van der Waals surface area contributed by atoms with Gasteiger partial charge in [0.2, 0.25) is 5.75 Å². The highest BCUT2D eigenvalue weighted by Gasteiger charge is 2.27. The number of nitro benzene ring substituents is 1. The number of thioether (sulfide) groups is 2. The van der Waals surface area contributed by atoms with Crippen LogP contribution in [0.15, 0.2) is 119 Å². The van der Waals surface area contributed by atoms with Crippen LogP contribution in [0.25, 0.3) is 21.8 Å². The van der Waals surface area contributed by atoms with Crippen LogP contribution in [0.5, 0.6) is 23.0 Å². The van der Waals surface area contributed by atoms with Gasteiger partial charge in [-0.2, -0.15) is 0 Å². The van der Waals surface area contributed by atoms with Crippen molar-refractivity contribution in [3.05, 3.63) is 136 Å². The standard InChI is InChI=1S/C21H15N3O7S.C19H14N2O3S/c1-30-21(27)12-3-7-18(17(9-12)24(28)29)31-13-4-6-14-11(8-13)2-5-15(22-14)19-23-16(10-32-19)20(25)26;22-19(23)17-11-25-18(21-17)16-8-6-12-10-14(7-9-15(12)20-16)24-13-4-2-1-3-5-13/h2-9,16H,10H2,1H3,(H,25,26);1-10,17H,11H2,(H,22,23)/t16-;17-/m11/s1. The number of nitro groups is 1. The molecule has 2 aliphatic heterocycles. The maximum Gasteiger partial charge on any atom is 0.338 e. The van der Waals surface area contributed by atoms with Crippen LogP contribution >= 0.6 is 23.5 Å². The van der Waals surface area contributed by atoms with Crippen LogP contribution in [-0.4, -0.2) is 83.8 Å². The molecule has 0 spiro atoms. The smallest absolute Gasteiger partial charge is 0.338 e. The highest BCUT2D eigenvalue weighted by molar-refractivity contribution is 8.15. The molecular weight excluding hydrogens is 775 g/mol. The molecule has 0 saturated heterocycles. The number of methoxy groups -OCH3 is 1. The molecule has 0 fully saturated rings. The van der Waals surface area contributed by atoms with Crippen molar-refractivity contribution in [1.82, 2.24) is 9.97 Å². The second-order valence-electron chi connectivity index (χ2n) is 12.2. The summed E-state index contributed by atoms with van der Waals surface area (Å²) in [6, 6.07) is 30.0. The molecule has 0 radical (unpaired) electrons. The molecule has 4 aromatic carbocycles. The number of hydrogen-bond acceptors (Lipinski definition) is 14. The molecule has 0 aliphatic carbocycles. The fraction of sp³-hybridized carbons (Fsp3) is 0.125. The molecule has 6 aromatic rings. The first kappa shape index (κ1) is 38.4. The van der Waals surface area contributed by atoms with Gasteiger partial charge in [-0.15, -0.1) is 23.5 Å². The number of para-hydroxylation sites is 1. The lowest BCUT2D eigenvalue weighted by Gasteiger charge is -2.09. The number of benzene rings is 4. The molecule has 4 heterocycles. The molecule has 0 bridgehead atoms. The van der Waals surface area contributed by atoms with Gasteiger partial charge in [-0.05, 0) is 72.8 Å². The number of esters is 1. The summed E-state index contributed by atoms with van der Waals surface area (Å²) >= 11 is 2.77. The largest absolute Gasteiger partial charge is 0.480 e. The van der Waals surface area contributed by atoms with E-state index >= 15 is 0 Å². The number of carbonyl (C=O) groups is 3. The van der Waals surface area contributed by atoms with Crippen molar-refractivity contribution in [1.29, 1.82) is 0 Å². The molecule has 286 valence electrons. The zero-order valence-corrected chi connectivity index (χ0v) is 31.3. The summed E-state index contributed by atoms with van der Waals surface area (Å²) in [5.41, 5.74) is 2.41. The Morgan fingerprint density at radius 2 is 1.23 bits per heavy atom. The number of aromatic nitrogens is 2. The number of carbonyl (C=O) groups excluding carboxylic acids is 1. The van der Waals surface area contributed by atoms with Gasteiger partial charge < -0.3 is 24.4 Å². The van der Waals surface area contributed by atoms with E-state index in [4.69, 9.17) is 19.7 Å². The summed E-state index contributed by atoms with van der Waals surface area (Å²) in [4.78, 5) is 62.1. The number of fused-ring (bicyclic) bond motifs is 2. The number of pyridine rings is 2. The highest BCUT2D eigenvalue weighted by atomic mass is 32.2. The molecule has 2 N–H and O–H groups in total. The third-order valence-electron chi connectivity index (χ3n) is 8.42. The maximum absolute atomic E-state index is 11.6. The number of carboxylic acid groups (broad SMARTS) is 2. The second-order valence-corrected chi connectivity index (χ2v) is 14.3. The van der Waals surface area contributed by atoms with E-state index in [1.807, 2.05) is 60.7 Å². The van der Waals surface area contributed by atoms with Crippen molar-refractivity contribution in [2.75, 3.05) is 18.6 Å². The number of rotatable bonds is 10. The summed E-state index contributed by atoms with van der Waals surface area (Å²) in [5.74, 6) is 0.109. The molecule has 2 aliphatic rings. The molecular formula is C40H29N5O10S2. The third kappa shape index (κ3) is 9.01. The van der Waals surface area contributed by atoms with Crippen molar-refractivity contribution in [2.24, 2.45) is 9.98 Å². The Bertz CT molecular complexity index is 2620. The van der Waals surface area contributed by atoms with Gasteiger partial charge in [0.25, 0.3) is 0 Å². The van der Waals surface area contributed by atoms with Crippen molar-refractivity contribution < 1.29 is 43.7 Å².